The van der Waals surface area contributed by atoms with Gasteiger partial charge in [0.25, 0.3) is 0 Å². The van der Waals surface area contributed by atoms with Gasteiger partial charge >= 0.3 is 5.97 Å². The predicted molar refractivity (Wildman–Crippen MR) is 70.0 cm³/mol. The van der Waals surface area contributed by atoms with Crippen LogP contribution in [-0.2, 0) is 0 Å². The van der Waals surface area contributed by atoms with Crippen LogP contribution in [-0.4, -0.2) is 16.2 Å². The van der Waals surface area contributed by atoms with E-state index < -0.39 is 5.97 Å². The molecule has 0 amide bonds. The molecule has 0 bridgehead atoms. The Morgan fingerprint density at radius 1 is 1.11 bits per heavy atom. The number of carboxylic acid groups (broad SMARTS) is 1. The smallest absolute Gasteiger partial charge is 0.336 e. The first-order valence-corrected chi connectivity index (χ1v) is 5.97. The average molecular weight is 261 g/mol. The van der Waals surface area contributed by atoms with Gasteiger partial charge in [0.2, 0.25) is 0 Å². The number of nitrogen functional groups attached to an aromatic ring is 1. The van der Waals surface area contributed by atoms with E-state index in [0.29, 0.717) is 10.6 Å². The van der Waals surface area contributed by atoms with Crippen molar-refractivity contribution in [3.05, 3.63) is 48.0 Å². The molecule has 4 N–H and O–H groups in total. The molecule has 0 saturated carbocycles. The molecule has 0 aliphatic rings. The number of nitrogens with two attached hydrogens (primary N) is 1. The van der Waals surface area contributed by atoms with Crippen molar-refractivity contribution in [3.8, 4) is 5.75 Å². The monoisotopic (exact) mass is 261 g/mol. The van der Waals surface area contributed by atoms with Crippen molar-refractivity contribution in [1.29, 1.82) is 0 Å². The quantitative estimate of drug-likeness (QED) is 0.740. The van der Waals surface area contributed by atoms with Crippen LogP contribution in [0.3, 0.4) is 0 Å². The molecule has 0 aliphatic heterocycles. The van der Waals surface area contributed by atoms with E-state index in [0.717, 1.165) is 4.90 Å². The summed E-state index contributed by atoms with van der Waals surface area (Å²) >= 11 is 1.31. The number of hydrogen-bond donors (Lipinski definition) is 3. The molecule has 0 heterocycles. The summed E-state index contributed by atoms with van der Waals surface area (Å²) in [6, 6.07) is 11.3. The standard InChI is InChI=1S/C13H11NO3S/c14-8-1-6-12(11(7-8)13(16)17)18-10-4-2-9(15)3-5-10/h1-7,15H,14H2,(H,16,17). The summed E-state index contributed by atoms with van der Waals surface area (Å²) in [4.78, 5) is 12.6. The van der Waals surface area contributed by atoms with Gasteiger partial charge in [0.15, 0.2) is 0 Å². The minimum atomic E-state index is -1.01. The summed E-state index contributed by atoms with van der Waals surface area (Å²) in [5.74, 6) is -0.835. The fraction of sp³-hybridized carbons (Fsp3) is 0. The Labute approximate surface area is 108 Å². The SMILES string of the molecule is Nc1ccc(Sc2ccc(O)cc2)c(C(=O)O)c1. The number of phenolic OH excluding ortho intramolecular Hbond substituents is 1. The fourth-order valence-electron chi connectivity index (χ4n) is 1.44. The highest BCUT2D eigenvalue weighted by atomic mass is 32.2. The van der Waals surface area contributed by atoms with Crippen LogP contribution in [0.15, 0.2) is 52.3 Å². The third-order valence-corrected chi connectivity index (χ3v) is 3.38. The van der Waals surface area contributed by atoms with Gasteiger partial charge in [-0.25, -0.2) is 4.79 Å². The van der Waals surface area contributed by atoms with Crippen molar-refractivity contribution >= 4 is 23.4 Å². The maximum atomic E-state index is 11.1. The van der Waals surface area contributed by atoms with E-state index in [9.17, 15) is 9.90 Å². The second-order valence-electron chi connectivity index (χ2n) is 3.66. The van der Waals surface area contributed by atoms with Gasteiger partial charge in [-0.1, -0.05) is 11.8 Å². The molecule has 0 atom stereocenters. The molecule has 0 radical (unpaired) electrons. The molecular formula is C13H11NO3S. The first kappa shape index (κ1) is 12.3. The summed E-state index contributed by atoms with van der Waals surface area (Å²) in [5, 5.41) is 18.3. The minimum absolute atomic E-state index is 0.174. The van der Waals surface area contributed by atoms with Gasteiger partial charge in [-0.05, 0) is 42.5 Å². The number of rotatable bonds is 3. The van der Waals surface area contributed by atoms with Gasteiger partial charge in [-0.2, -0.15) is 0 Å². The molecule has 0 aliphatic carbocycles. The molecule has 0 aromatic heterocycles. The van der Waals surface area contributed by atoms with Crippen molar-refractivity contribution in [2.24, 2.45) is 0 Å². The summed E-state index contributed by atoms with van der Waals surface area (Å²) in [6.45, 7) is 0. The molecule has 92 valence electrons. The Balaban J connectivity index is 2.34. The van der Waals surface area contributed by atoms with Crippen molar-refractivity contribution in [2.45, 2.75) is 9.79 Å². The van der Waals surface area contributed by atoms with E-state index in [4.69, 9.17) is 10.8 Å². The van der Waals surface area contributed by atoms with Crippen LogP contribution in [0.5, 0.6) is 5.75 Å². The highest BCUT2D eigenvalue weighted by Crippen LogP contribution is 2.32. The molecular weight excluding hydrogens is 250 g/mol. The number of benzene rings is 2. The Hall–Kier alpha value is -2.14. The summed E-state index contributed by atoms with van der Waals surface area (Å²) < 4.78 is 0. The third kappa shape index (κ3) is 2.75. The number of anilines is 1. The van der Waals surface area contributed by atoms with Gasteiger partial charge in [-0.3, -0.25) is 0 Å². The Morgan fingerprint density at radius 3 is 2.39 bits per heavy atom. The lowest BCUT2D eigenvalue weighted by molar-refractivity contribution is 0.0693. The maximum absolute atomic E-state index is 11.1. The zero-order valence-electron chi connectivity index (χ0n) is 9.33. The molecule has 0 unspecified atom stereocenters. The van der Waals surface area contributed by atoms with Crippen LogP contribution in [0.4, 0.5) is 5.69 Å². The third-order valence-electron chi connectivity index (χ3n) is 2.30. The number of phenols is 1. The normalized spacial score (nSPS) is 10.2. The van der Waals surface area contributed by atoms with Crippen LogP contribution in [0, 0.1) is 0 Å². The number of hydrogen-bond acceptors (Lipinski definition) is 4. The molecule has 2 aromatic carbocycles. The molecule has 18 heavy (non-hydrogen) atoms. The van der Waals surface area contributed by atoms with Crippen molar-refractivity contribution < 1.29 is 15.0 Å². The van der Waals surface area contributed by atoms with Crippen LogP contribution >= 0.6 is 11.8 Å². The van der Waals surface area contributed by atoms with Gasteiger partial charge in [0, 0.05) is 15.5 Å². The summed E-state index contributed by atoms with van der Waals surface area (Å²) in [5.41, 5.74) is 6.17. The lowest BCUT2D eigenvalue weighted by atomic mass is 10.2. The molecule has 2 rings (SSSR count). The molecule has 2 aromatic rings. The van der Waals surface area contributed by atoms with E-state index in [-0.39, 0.29) is 11.3 Å². The molecule has 5 heteroatoms. The first-order chi connectivity index (χ1) is 8.56. The van der Waals surface area contributed by atoms with E-state index in [1.807, 2.05) is 0 Å². The average Bonchev–Trinajstić information content (AvgIpc) is 2.34. The van der Waals surface area contributed by atoms with Crippen LogP contribution in [0.25, 0.3) is 0 Å². The first-order valence-electron chi connectivity index (χ1n) is 5.16. The van der Waals surface area contributed by atoms with Crippen LogP contribution in [0.2, 0.25) is 0 Å². The molecule has 0 spiro atoms. The zero-order valence-corrected chi connectivity index (χ0v) is 10.1. The summed E-state index contributed by atoms with van der Waals surface area (Å²) in [6.07, 6.45) is 0. The van der Waals surface area contributed by atoms with E-state index in [2.05, 4.69) is 0 Å². The van der Waals surface area contributed by atoms with Gasteiger partial charge in [0.1, 0.15) is 5.75 Å². The van der Waals surface area contributed by atoms with Crippen molar-refractivity contribution in [1.82, 2.24) is 0 Å². The lowest BCUT2D eigenvalue weighted by Crippen LogP contribution is -2.00. The minimum Gasteiger partial charge on any atom is -0.508 e. The van der Waals surface area contributed by atoms with Crippen LogP contribution in [0.1, 0.15) is 10.4 Å². The fourth-order valence-corrected chi connectivity index (χ4v) is 2.36. The molecule has 0 fully saturated rings. The number of carbonyl (C=O) groups is 1. The van der Waals surface area contributed by atoms with E-state index >= 15 is 0 Å². The topological polar surface area (TPSA) is 83.5 Å². The van der Waals surface area contributed by atoms with Crippen molar-refractivity contribution in [2.75, 3.05) is 5.73 Å². The number of carboxylic acids is 1. The highest BCUT2D eigenvalue weighted by molar-refractivity contribution is 7.99. The Bertz CT molecular complexity index is 581. The van der Waals surface area contributed by atoms with Gasteiger partial charge < -0.3 is 15.9 Å². The zero-order chi connectivity index (χ0) is 13.1. The second-order valence-corrected chi connectivity index (χ2v) is 4.77. The van der Waals surface area contributed by atoms with Crippen molar-refractivity contribution in [3.63, 3.8) is 0 Å². The van der Waals surface area contributed by atoms with Gasteiger partial charge in [-0.15, -0.1) is 0 Å². The lowest BCUT2D eigenvalue weighted by Gasteiger charge is -2.06. The Kier molecular flexibility index (Phi) is 3.43. The number of aromatic carboxylic acids is 1. The Morgan fingerprint density at radius 2 is 1.78 bits per heavy atom. The van der Waals surface area contributed by atoms with Gasteiger partial charge in [0.05, 0.1) is 5.56 Å². The van der Waals surface area contributed by atoms with Crippen LogP contribution < -0.4 is 5.73 Å². The largest absolute Gasteiger partial charge is 0.508 e. The van der Waals surface area contributed by atoms with E-state index in [1.54, 1.807) is 36.4 Å². The van der Waals surface area contributed by atoms with E-state index in [1.165, 1.54) is 17.8 Å². The highest BCUT2D eigenvalue weighted by Gasteiger charge is 2.11. The maximum Gasteiger partial charge on any atom is 0.336 e. The molecule has 4 nitrogen and oxygen atoms in total. The second kappa shape index (κ2) is 5.01. The predicted octanol–water partition coefficient (Wildman–Crippen LogP) is 2.82. The summed E-state index contributed by atoms with van der Waals surface area (Å²) in [7, 11) is 0. The molecule has 0 saturated heterocycles. The number of aromatic hydroxyl groups is 1.